The number of nitrogens with zero attached hydrogens (tertiary/aromatic N) is 2. The number of nitrogens with one attached hydrogen (secondary N) is 1. The molecule has 1 amide bonds. The van der Waals surface area contributed by atoms with E-state index in [1.165, 1.54) is 23.7 Å². The maximum atomic E-state index is 10.9. The van der Waals surface area contributed by atoms with Gasteiger partial charge in [-0.15, -0.1) is 0 Å². The molecule has 1 aromatic heterocycles. The highest BCUT2D eigenvalue weighted by molar-refractivity contribution is 5.83. The van der Waals surface area contributed by atoms with E-state index in [-0.39, 0.29) is 5.91 Å². The first-order valence-corrected chi connectivity index (χ1v) is 6.96. The van der Waals surface area contributed by atoms with Crippen molar-refractivity contribution in [1.82, 2.24) is 9.99 Å². The van der Waals surface area contributed by atoms with Crippen molar-refractivity contribution in [3.05, 3.63) is 52.3 Å². The zero-order valence-electron chi connectivity index (χ0n) is 13.2. The highest BCUT2D eigenvalue weighted by atomic mass is 16.2. The van der Waals surface area contributed by atoms with Gasteiger partial charge in [0.05, 0.1) is 6.21 Å². The number of amides is 1. The Labute approximate surface area is 125 Å². The molecule has 0 aliphatic rings. The number of aryl methyl sites for hydroxylation is 3. The van der Waals surface area contributed by atoms with Crippen molar-refractivity contribution in [3.63, 3.8) is 0 Å². The van der Waals surface area contributed by atoms with E-state index >= 15 is 0 Å². The number of carbonyl (C=O) groups is 1. The highest BCUT2D eigenvalue weighted by Gasteiger charge is 2.11. The standard InChI is InChI=1S/C17H21N3O/c1-11-6-7-17(12(2)8-11)20-13(3)9-16(14(20)4)10-18-19-15(5)21/h6-10H,1-5H3,(H,19,21)/b18-10-. The Balaban J connectivity index is 2.44. The molecule has 1 N–H and O–H groups in total. The lowest BCUT2D eigenvalue weighted by molar-refractivity contribution is -0.118. The van der Waals surface area contributed by atoms with E-state index in [1.807, 2.05) is 0 Å². The topological polar surface area (TPSA) is 46.4 Å². The molecule has 2 rings (SSSR count). The molecular formula is C17H21N3O. The third kappa shape index (κ3) is 3.21. The highest BCUT2D eigenvalue weighted by Crippen LogP contribution is 2.23. The lowest BCUT2D eigenvalue weighted by atomic mass is 10.1. The normalized spacial score (nSPS) is 11.1. The fourth-order valence-corrected chi connectivity index (χ4v) is 2.54. The first-order valence-electron chi connectivity index (χ1n) is 6.96. The molecule has 0 atom stereocenters. The van der Waals surface area contributed by atoms with Crippen LogP contribution in [-0.4, -0.2) is 16.7 Å². The van der Waals surface area contributed by atoms with E-state index in [0.29, 0.717) is 0 Å². The Hall–Kier alpha value is -2.36. The van der Waals surface area contributed by atoms with Gasteiger partial charge < -0.3 is 4.57 Å². The Bertz CT molecular complexity index is 711. The molecule has 0 unspecified atom stereocenters. The Morgan fingerprint density at radius 1 is 1.19 bits per heavy atom. The number of hydrogen-bond acceptors (Lipinski definition) is 2. The van der Waals surface area contributed by atoms with E-state index < -0.39 is 0 Å². The second-order valence-corrected chi connectivity index (χ2v) is 5.38. The van der Waals surface area contributed by atoms with Crippen LogP contribution in [0.15, 0.2) is 29.4 Å². The van der Waals surface area contributed by atoms with E-state index in [0.717, 1.165) is 17.0 Å². The fourth-order valence-electron chi connectivity index (χ4n) is 2.54. The first-order chi connectivity index (χ1) is 9.90. The summed E-state index contributed by atoms with van der Waals surface area (Å²) < 4.78 is 2.21. The van der Waals surface area contributed by atoms with Gasteiger partial charge in [0.1, 0.15) is 0 Å². The fraction of sp³-hybridized carbons (Fsp3) is 0.294. The number of benzene rings is 1. The summed E-state index contributed by atoms with van der Waals surface area (Å²) in [5.41, 5.74) is 9.35. The monoisotopic (exact) mass is 283 g/mol. The van der Waals surface area contributed by atoms with E-state index in [4.69, 9.17) is 0 Å². The molecule has 0 saturated carbocycles. The summed E-state index contributed by atoms with van der Waals surface area (Å²) in [7, 11) is 0. The van der Waals surface area contributed by atoms with Crippen LogP contribution in [0.3, 0.4) is 0 Å². The molecule has 0 spiro atoms. The van der Waals surface area contributed by atoms with E-state index in [2.05, 4.69) is 67.1 Å². The molecule has 2 aromatic rings. The molecule has 0 fully saturated rings. The molecule has 110 valence electrons. The lowest BCUT2D eigenvalue weighted by Gasteiger charge is -2.13. The Kier molecular flexibility index (Phi) is 4.26. The van der Waals surface area contributed by atoms with Crippen molar-refractivity contribution >= 4 is 12.1 Å². The van der Waals surface area contributed by atoms with Crippen molar-refractivity contribution in [2.45, 2.75) is 34.6 Å². The second kappa shape index (κ2) is 5.95. The number of hydrogen-bond donors (Lipinski definition) is 1. The van der Waals surface area contributed by atoms with Crippen LogP contribution in [0.1, 0.15) is 35.0 Å². The summed E-state index contributed by atoms with van der Waals surface area (Å²) in [5, 5.41) is 3.95. The van der Waals surface area contributed by atoms with Crippen LogP contribution in [0.5, 0.6) is 0 Å². The van der Waals surface area contributed by atoms with Gasteiger partial charge in [0.25, 0.3) is 0 Å². The number of rotatable bonds is 3. The third-order valence-corrected chi connectivity index (χ3v) is 3.49. The van der Waals surface area contributed by atoms with Crippen LogP contribution < -0.4 is 5.43 Å². The van der Waals surface area contributed by atoms with Crippen molar-refractivity contribution in [2.24, 2.45) is 5.10 Å². The Morgan fingerprint density at radius 3 is 2.52 bits per heavy atom. The van der Waals surface area contributed by atoms with E-state index in [9.17, 15) is 4.79 Å². The van der Waals surface area contributed by atoms with Gasteiger partial charge in [-0.05, 0) is 45.4 Å². The van der Waals surface area contributed by atoms with Crippen LogP contribution in [-0.2, 0) is 4.79 Å². The number of carbonyl (C=O) groups excluding carboxylic acids is 1. The molecule has 4 nitrogen and oxygen atoms in total. The number of aromatic nitrogens is 1. The smallest absolute Gasteiger partial charge is 0.236 e. The molecule has 4 heteroatoms. The minimum Gasteiger partial charge on any atom is -0.318 e. The van der Waals surface area contributed by atoms with Gasteiger partial charge in [-0.25, -0.2) is 5.43 Å². The zero-order valence-corrected chi connectivity index (χ0v) is 13.2. The average Bonchev–Trinajstić information content (AvgIpc) is 2.65. The van der Waals surface area contributed by atoms with Crippen LogP contribution in [0.2, 0.25) is 0 Å². The Morgan fingerprint density at radius 2 is 1.90 bits per heavy atom. The van der Waals surface area contributed by atoms with Crippen LogP contribution in [0, 0.1) is 27.7 Å². The van der Waals surface area contributed by atoms with Gasteiger partial charge in [0, 0.05) is 29.6 Å². The molecular weight excluding hydrogens is 262 g/mol. The molecule has 0 aliphatic heterocycles. The molecule has 0 bridgehead atoms. The predicted octanol–water partition coefficient (Wildman–Crippen LogP) is 3.18. The summed E-state index contributed by atoms with van der Waals surface area (Å²) in [4.78, 5) is 10.9. The van der Waals surface area contributed by atoms with Gasteiger partial charge >= 0.3 is 0 Å². The van der Waals surface area contributed by atoms with Gasteiger partial charge in [-0.2, -0.15) is 5.10 Å². The minimum atomic E-state index is -0.172. The van der Waals surface area contributed by atoms with E-state index in [1.54, 1.807) is 6.21 Å². The number of hydrazone groups is 1. The molecule has 1 aromatic carbocycles. The quantitative estimate of drug-likeness (QED) is 0.682. The van der Waals surface area contributed by atoms with Crippen molar-refractivity contribution in [2.75, 3.05) is 0 Å². The summed E-state index contributed by atoms with van der Waals surface area (Å²) in [6.45, 7) is 9.78. The summed E-state index contributed by atoms with van der Waals surface area (Å²) in [5.74, 6) is -0.172. The van der Waals surface area contributed by atoms with Crippen LogP contribution in [0.4, 0.5) is 0 Å². The third-order valence-electron chi connectivity index (χ3n) is 3.49. The summed E-state index contributed by atoms with van der Waals surface area (Å²) in [6.07, 6.45) is 1.68. The van der Waals surface area contributed by atoms with Gasteiger partial charge in [-0.1, -0.05) is 17.7 Å². The van der Waals surface area contributed by atoms with Crippen molar-refractivity contribution in [1.29, 1.82) is 0 Å². The maximum Gasteiger partial charge on any atom is 0.236 e. The zero-order chi connectivity index (χ0) is 15.6. The van der Waals surface area contributed by atoms with Crippen LogP contribution in [0.25, 0.3) is 5.69 Å². The van der Waals surface area contributed by atoms with Gasteiger partial charge in [-0.3, -0.25) is 4.79 Å². The maximum absolute atomic E-state index is 10.9. The SMILES string of the molecule is CC(=O)N/N=C\c1cc(C)n(-c2ccc(C)cc2C)c1C. The summed E-state index contributed by atoms with van der Waals surface area (Å²) in [6, 6.07) is 8.50. The summed E-state index contributed by atoms with van der Waals surface area (Å²) >= 11 is 0. The molecule has 21 heavy (non-hydrogen) atoms. The lowest BCUT2D eigenvalue weighted by Crippen LogP contribution is -2.12. The van der Waals surface area contributed by atoms with Gasteiger partial charge in [0.2, 0.25) is 5.91 Å². The molecule has 0 saturated heterocycles. The average molecular weight is 283 g/mol. The molecule has 0 aliphatic carbocycles. The second-order valence-electron chi connectivity index (χ2n) is 5.38. The minimum absolute atomic E-state index is 0.172. The van der Waals surface area contributed by atoms with Gasteiger partial charge in [0.15, 0.2) is 0 Å². The largest absolute Gasteiger partial charge is 0.318 e. The molecule has 1 heterocycles. The molecule has 0 radical (unpaired) electrons. The van der Waals surface area contributed by atoms with Crippen LogP contribution >= 0.6 is 0 Å². The van der Waals surface area contributed by atoms with Crippen molar-refractivity contribution in [3.8, 4) is 5.69 Å². The van der Waals surface area contributed by atoms with Crippen molar-refractivity contribution < 1.29 is 4.79 Å². The predicted molar refractivity (Wildman–Crippen MR) is 86.1 cm³/mol. The first kappa shape index (κ1) is 15.0.